The van der Waals surface area contributed by atoms with Gasteiger partial charge in [-0.25, -0.2) is 0 Å². The van der Waals surface area contributed by atoms with E-state index in [0.29, 0.717) is 18.1 Å². The summed E-state index contributed by atoms with van der Waals surface area (Å²) in [7, 11) is 0. The first-order valence-corrected chi connectivity index (χ1v) is 6.80. The summed E-state index contributed by atoms with van der Waals surface area (Å²) in [5.74, 6) is 1.35. The van der Waals surface area contributed by atoms with E-state index in [2.05, 4.69) is 49.1 Å². The lowest BCUT2D eigenvalue weighted by Crippen LogP contribution is -1.94. The van der Waals surface area contributed by atoms with Crippen molar-refractivity contribution >= 4 is 0 Å². The average Bonchev–Trinajstić information content (AvgIpc) is 2.75. The van der Waals surface area contributed by atoms with Crippen molar-refractivity contribution in [3.05, 3.63) is 47.1 Å². The highest BCUT2D eigenvalue weighted by Crippen LogP contribution is 2.63. The normalized spacial score (nSPS) is 23.3. The van der Waals surface area contributed by atoms with Gasteiger partial charge >= 0.3 is 0 Å². The SMILES string of the molecule is Cc1ccccc1Cc1noc(C2C(C#N)C2(C)C)n1. The van der Waals surface area contributed by atoms with Crippen LogP contribution in [-0.2, 0) is 6.42 Å². The molecule has 1 heterocycles. The maximum atomic E-state index is 9.11. The molecule has 1 aliphatic carbocycles. The lowest BCUT2D eigenvalue weighted by atomic mass is 10.1. The van der Waals surface area contributed by atoms with Crippen molar-refractivity contribution in [3.63, 3.8) is 0 Å². The number of hydrogen-bond acceptors (Lipinski definition) is 4. The predicted molar refractivity (Wildman–Crippen MR) is 73.9 cm³/mol. The van der Waals surface area contributed by atoms with E-state index in [9.17, 15) is 0 Å². The van der Waals surface area contributed by atoms with Crippen LogP contribution in [0.5, 0.6) is 0 Å². The first-order valence-electron chi connectivity index (χ1n) is 6.80. The Balaban J connectivity index is 1.79. The molecule has 3 rings (SSSR count). The van der Waals surface area contributed by atoms with Gasteiger partial charge in [0.1, 0.15) is 0 Å². The predicted octanol–water partition coefficient (Wildman–Crippen LogP) is 3.23. The van der Waals surface area contributed by atoms with Crippen LogP contribution in [0.15, 0.2) is 28.8 Å². The van der Waals surface area contributed by atoms with E-state index < -0.39 is 0 Å². The average molecular weight is 267 g/mol. The molecule has 102 valence electrons. The number of hydrogen-bond donors (Lipinski definition) is 0. The molecule has 0 radical (unpaired) electrons. The first kappa shape index (κ1) is 12.9. The van der Waals surface area contributed by atoms with Crippen LogP contribution in [0.3, 0.4) is 0 Å². The number of aryl methyl sites for hydroxylation is 1. The van der Waals surface area contributed by atoms with Crippen LogP contribution in [0.4, 0.5) is 0 Å². The molecule has 0 bridgehead atoms. The van der Waals surface area contributed by atoms with Crippen molar-refractivity contribution in [1.82, 2.24) is 10.1 Å². The van der Waals surface area contributed by atoms with E-state index in [0.717, 1.165) is 0 Å². The molecule has 2 aromatic rings. The maximum absolute atomic E-state index is 9.11. The standard InChI is InChI=1S/C16H17N3O/c1-10-6-4-5-7-11(10)8-13-18-15(20-19-13)14-12(9-17)16(14,2)3/h4-7,12,14H,8H2,1-3H3. The molecule has 0 amide bonds. The van der Waals surface area contributed by atoms with E-state index in [4.69, 9.17) is 9.78 Å². The van der Waals surface area contributed by atoms with Crippen molar-refractivity contribution in [1.29, 1.82) is 5.26 Å². The first-order chi connectivity index (χ1) is 9.54. The molecule has 1 fully saturated rings. The number of nitriles is 1. The Morgan fingerprint density at radius 3 is 2.75 bits per heavy atom. The summed E-state index contributed by atoms with van der Waals surface area (Å²) in [5, 5.41) is 13.2. The van der Waals surface area contributed by atoms with Gasteiger partial charge in [-0.05, 0) is 23.5 Å². The number of benzene rings is 1. The Morgan fingerprint density at radius 1 is 1.35 bits per heavy atom. The van der Waals surface area contributed by atoms with E-state index in [1.54, 1.807) is 0 Å². The van der Waals surface area contributed by atoms with E-state index in [1.807, 2.05) is 12.1 Å². The Labute approximate surface area is 118 Å². The van der Waals surface area contributed by atoms with Crippen LogP contribution in [0.1, 0.15) is 42.6 Å². The fourth-order valence-electron chi connectivity index (χ4n) is 2.78. The third kappa shape index (κ3) is 2.00. The topological polar surface area (TPSA) is 62.7 Å². The summed E-state index contributed by atoms with van der Waals surface area (Å²) in [6.45, 7) is 6.21. The highest BCUT2D eigenvalue weighted by molar-refractivity contribution is 5.29. The van der Waals surface area contributed by atoms with Crippen LogP contribution in [0.25, 0.3) is 0 Å². The zero-order valence-corrected chi connectivity index (χ0v) is 11.9. The molecule has 0 N–H and O–H groups in total. The lowest BCUT2D eigenvalue weighted by molar-refractivity contribution is 0.363. The number of nitrogens with zero attached hydrogens (tertiary/aromatic N) is 3. The minimum Gasteiger partial charge on any atom is -0.339 e. The Kier molecular flexibility index (Phi) is 2.86. The molecule has 4 heteroatoms. The zero-order chi connectivity index (χ0) is 14.3. The van der Waals surface area contributed by atoms with Gasteiger partial charge in [0.15, 0.2) is 5.82 Å². The highest BCUT2D eigenvalue weighted by Gasteiger charge is 2.62. The molecule has 4 nitrogen and oxygen atoms in total. The largest absolute Gasteiger partial charge is 0.339 e. The molecule has 1 aromatic carbocycles. The van der Waals surface area contributed by atoms with Gasteiger partial charge in [-0.1, -0.05) is 43.3 Å². The van der Waals surface area contributed by atoms with Gasteiger partial charge in [-0.15, -0.1) is 0 Å². The Morgan fingerprint density at radius 2 is 2.10 bits per heavy atom. The molecule has 2 atom stereocenters. The summed E-state index contributed by atoms with van der Waals surface area (Å²) in [6, 6.07) is 10.5. The molecular formula is C16H17N3O. The van der Waals surface area contributed by atoms with E-state index >= 15 is 0 Å². The van der Waals surface area contributed by atoms with Crippen molar-refractivity contribution < 1.29 is 4.52 Å². The van der Waals surface area contributed by atoms with Crippen molar-refractivity contribution in [2.24, 2.45) is 11.3 Å². The van der Waals surface area contributed by atoms with Gasteiger partial charge in [0.2, 0.25) is 5.89 Å². The summed E-state index contributed by atoms with van der Waals surface area (Å²) >= 11 is 0. The highest BCUT2D eigenvalue weighted by atomic mass is 16.5. The fraction of sp³-hybridized carbons (Fsp3) is 0.438. The van der Waals surface area contributed by atoms with Crippen LogP contribution in [0, 0.1) is 29.6 Å². The summed E-state index contributed by atoms with van der Waals surface area (Å²) in [4.78, 5) is 4.47. The van der Waals surface area contributed by atoms with Gasteiger partial charge in [0.05, 0.1) is 17.9 Å². The molecule has 0 aliphatic heterocycles. The minimum atomic E-state index is -0.0543. The molecule has 1 aliphatic rings. The molecule has 0 saturated heterocycles. The van der Waals surface area contributed by atoms with Crippen LogP contribution in [0.2, 0.25) is 0 Å². The summed E-state index contributed by atoms with van der Waals surface area (Å²) < 4.78 is 5.36. The van der Waals surface area contributed by atoms with E-state index in [1.165, 1.54) is 11.1 Å². The van der Waals surface area contributed by atoms with Gasteiger partial charge in [-0.3, -0.25) is 0 Å². The molecular weight excluding hydrogens is 250 g/mol. The van der Waals surface area contributed by atoms with Crippen LogP contribution >= 0.6 is 0 Å². The van der Waals surface area contributed by atoms with Crippen molar-refractivity contribution in [2.45, 2.75) is 33.1 Å². The van der Waals surface area contributed by atoms with Gasteiger partial charge in [0, 0.05) is 6.42 Å². The molecule has 20 heavy (non-hydrogen) atoms. The maximum Gasteiger partial charge on any atom is 0.231 e. The van der Waals surface area contributed by atoms with Gasteiger partial charge in [-0.2, -0.15) is 10.2 Å². The Bertz CT molecular complexity index is 681. The second-order valence-electron chi connectivity index (χ2n) is 6.06. The zero-order valence-electron chi connectivity index (χ0n) is 11.9. The minimum absolute atomic E-state index is 0.0192. The van der Waals surface area contributed by atoms with Crippen LogP contribution in [-0.4, -0.2) is 10.1 Å². The monoisotopic (exact) mass is 267 g/mol. The third-order valence-electron chi connectivity index (χ3n) is 4.33. The molecule has 1 aromatic heterocycles. The van der Waals surface area contributed by atoms with Crippen molar-refractivity contribution in [3.8, 4) is 6.07 Å². The quantitative estimate of drug-likeness (QED) is 0.856. The fourth-order valence-corrected chi connectivity index (χ4v) is 2.78. The molecule has 2 unspecified atom stereocenters. The molecule has 0 spiro atoms. The van der Waals surface area contributed by atoms with E-state index in [-0.39, 0.29) is 17.3 Å². The smallest absolute Gasteiger partial charge is 0.231 e. The summed E-state index contributed by atoms with van der Waals surface area (Å²) in [5.41, 5.74) is 2.37. The Hall–Kier alpha value is -2.15. The van der Waals surface area contributed by atoms with Gasteiger partial charge < -0.3 is 4.52 Å². The van der Waals surface area contributed by atoms with Crippen LogP contribution < -0.4 is 0 Å². The number of rotatable bonds is 3. The van der Waals surface area contributed by atoms with Crippen molar-refractivity contribution in [2.75, 3.05) is 0 Å². The molecule has 1 saturated carbocycles. The third-order valence-corrected chi connectivity index (χ3v) is 4.33. The lowest BCUT2D eigenvalue weighted by Gasteiger charge is -2.00. The summed E-state index contributed by atoms with van der Waals surface area (Å²) in [6.07, 6.45) is 0.667. The second-order valence-corrected chi connectivity index (χ2v) is 6.06. The van der Waals surface area contributed by atoms with Gasteiger partial charge in [0.25, 0.3) is 0 Å². The number of aromatic nitrogens is 2. The second kappa shape index (κ2) is 4.45.